The summed E-state index contributed by atoms with van der Waals surface area (Å²) in [5.41, 5.74) is 3.21. The fourth-order valence-corrected chi connectivity index (χ4v) is 7.98. The maximum atomic E-state index is 10.2. The van der Waals surface area contributed by atoms with Gasteiger partial charge in [-0.1, -0.05) is 38.2 Å². The van der Waals surface area contributed by atoms with Crippen LogP contribution < -0.4 is 0 Å². The predicted molar refractivity (Wildman–Crippen MR) is 137 cm³/mol. The van der Waals surface area contributed by atoms with Crippen molar-refractivity contribution in [2.45, 2.75) is 115 Å². The molecule has 3 fully saturated rings. The van der Waals surface area contributed by atoms with Crippen LogP contribution in [-0.2, 0) is 0 Å². The van der Waals surface area contributed by atoms with E-state index in [2.05, 4.69) is 44.3 Å². The van der Waals surface area contributed by atoms with Gasteiger partial charge in [0.2, 0.25) is 0 Å². The van der Waals surface area contributed by atoms with Gasteiger partial charge in [0.05, 0.1) is 17.8 Å². The zero-order valence-electron chi connectivity index (χ0n) is 20.8. The first-order valence-corrected chi connectivity index (χ1v) is 13.8. The van der Waals surface area contributed by atoms with Crippen LogP contribution in [0.15, 0.2) is 35.5 Å². The molecule has 0 aromatic heterocycles. The van der Waals surface area contributed by atoms with Crippen molar-refractivity contribution >= 4 is 11.8 Å². The summed E-state index contributed by atoms with van der Waals surface area (Å²) in [4.78, 5) is 0. The van der Waals surface area contributed by atoms with E-state index < -0.39 is 17.8 Å². The molecule has 0 unspecified atom stereocenters. The van der Waals surface area contributed by atoms with Gasteiger partial charge < -0.3 is 15.3 Å². The molecule has 0 bridgehead atoms. The molecule has 0 aromatic rings. The summed E-state index contributed by atoms with van der Waals surface area (Å²) in [7, 11) is 0. The SMILES string of the molecule is C=C1/C(=C\C=C2/CCC[C@]3(C)[C@@H]([C@@H](C)SCCCCC(C)(C)O)CC[C@@H]23)C[C@@H](O)C[C@@H]1O. The van der Waals surface area contributed by atoms with Crippen LogP contribution in [-0.4, -0.2) is 44.1 Å². The van der Waals surface area contributed by atoms with E-state index in [9.17, 15) is 15.3 Å². The predicted octanol–water partition coefficient (Wildman–Crippen LogP) is 6.19. The maximum Gasteiger partial charge on any atom is 0.0811 e. The number of allylic oxidation sites excluding steroid dienone is 3. The molecule has 3 aliphatic rings. The molecule has 0 saturated heterocycles. The molecule has 0 radical (unpaired) electrons. The average molecular weight is 463 g/mol. The van der Waals surface area contributed by atoms with Crippen LogP contribution in [0.5, 0.6) is 0 Å². The molecule has 3 aliphatic carbocycles. The van der Waals surface area contributed by atoms with Gasteiger partial charge in [-0.15, -0.1) is 0 Å². The van der Waals surface area contributed by atoms with Gasteiger partial charge in [-0.25, -0.2) is 0 Å². The van der Waals surface area contributed by atoms with E-state index in [0.29, 0.717) is 29.4 Å². The van der Waals surface area contributed by atoms with E-state index in [1.54, 1.807) is 5.57 Å². The van der Waals surface area contributed by atoms with E-state index >= 15 is 0 Å². The Bertz CT molecular complexity index is 719. The number of aliphatic hydroxyl groups is 3. The normalized spacial score (nSPS) is 37.2. The molecule has 4 heteroatoms. The summed E-state index contributed by atoms with van der Waals surface area (Å²) in [5, 5.41) is 30.8. The largest absolute Gasteiger partial charge is 0.393 e. The van der Waals surface area contributed by atoms with Gasteiger partial charge in [0, 0.05) is 11.7 Å². The number of hydrogen-bond acceptors (Lipinski definition) is 4. The average Bonchev–Trinajstić information content (AvgIpc) is 3.06. The molecule has 0 aliphatic heterocycles. The third-order valence-electron chi connectivity index (χ3n) is 8.43. The Morgan fingerprint density at radius 3 is 2.69 bits per heavy atom. The second-order valence-electron chi connectivity index (χ2n) is 11.5. The monoisotopic (exact) mass is 462 g/mol. The zero-order valence-corrected chi connectivity index (χ0v) is 21.6. The smallest absolute Gasteiger partial charge is 0.0811 e. The summed E-state index contributed by atoms with van der Waals surface area (Å²) in [6.45, 7) is 12.9. The molecule has 6 atom stereocenters. The Labute approximate surface area is 200 Å². The van der Waals surface area contributed by atoms with Crippen LogP contribution in [0.25, 0.3) is 0 Å². The van der Waals surface area contributed by atoms with E-state index in [4.69, 9.17) is 0 Å². The van der Waals surface area contributed by atoms with Gasteiger partial charge in [-0.3, -0.25) is 0 Å². The lowest BCUT2D eigenvalue weighted by atomic mass is 9.63. The minimum absolute atomic E-state index is 0.380. The first kappa shape index (κ1) is 26.1. The van der Waals surface area contributed by atoms with E-state index in [-0.39, 0.29) is 0 Å². The quantitative estimate of drug-likeness (QED) is 0.376. The van der Waals surface area contributed by atoms with Gasteiger partial charge in [0.1, 0.15) is 0 Å². The van der Waals surface area contributed by atoms with Crippen LogP contribution in [0.4, 0.5) is 0 Å². The molecule has 3 nitrogen and oxygen atoms in total. The molecule has 3 rings (SSSR count). The van der Waals surface area contributed by atoms with Crippen LogP contribution in [0.3, 0.4) is 0 Å². The Morgan fingerprint density at radius 2 is 1.97 bits per heavy atom. The second kappa shape index (κ2) is 10.8. The van der Waals surface area contributed by atoms with E-state index in [1.165, 1.54) is 44.3 Å². The summed E-state index contributed by atoms with van der Waals surface area (Å²) >= 11 is 2.14. The summed E-state index contributed by atoms with van der Waals surface area (Å²) in [6, 6.07) is 0. The molecule has 0 spiro atoms. The number of unbranched alkanes of at least 4 members (excludes halogenated alkanes) is 1. The number of thioether (sulfide) groups is 1. The van der Waals surface area contributed by atoms with Crippen molar-refractivity contribution in [2.24, 2.45) is 17.3 Å². The van der Waals surface area contributed by atoms with Crippen molar-refractivity contribution in [3.63, 3.8) is 0 Å². The van der Waals surface area contributed by atoms with Gasteiger partial charge >= 0.3 is 0 Å². The first-order valence-electron chi connectivity index (χ1n) is 12.8. The highest BCUT2D eigenvalue weighted by atomic mass is 32.2. The molecule has 32 heavy (non-hydrogen) atoms. The highest BCUT2D eigenvalue weighted by Crippen LogP contribution is 2.59. The topological polar surface area (TPSA) is 60.7 Å². The molecular weight excluding hydrogens is 416 g/mol. The Hall–Kier alpha value is -0.550. The first-order chi connectivity index (χ1) is 15.0. The Morgan fingerprint density at radius 1 is 1.22 bits per heavy atom. The Kier molecular flexibility index (Phi) is 8.80. The van der Waals surface area contributed by atoms with Crippen molar-refractivity contribution in [3.05, 3.63) is 35.5 Å². The molecule has 3 saturated carbocycles. The number of rotatable bonds is 8. The van der Waals surface area contributed by atoms with Crippen LogP contribution >= 0.6 is 11.8 Å². The minimum atomic E-state index is -0.614. The molecule has 0 amide bonds. The molecule has 182 valence electrons. The van der Waals surface area contributed by atoms with Crippen LogP contribution in [0.2, 0.25) is 0 Å². The Balaban J connectivity index is 1.61. The standard InChI is InChI=1S/C28H46O3S/c1-19-22(17-23(29)18-26(19)30)11-10-21-9-8-15-28(5)24(12-13-25(21)28)20(2)32-16-7-6-14-27(3,4)31/h10-11,20,23-26,29-31H,1,6-9,12-18H2,2-5H3/b21-10+,22-11-/t20-,23-,24-,25+,26+,28-/m1/s1. The zero-order chi connectivity index (χ0) is 23.5. The van der Waals surface area contributed by atoms with E-state index in [0.717, 1.165) is 29.9 Å². The van der Waals surface area contributed by atoms with Crippen molar-refractivity contribution in [3.8, 4) is 0 Å². The maximum absolute atomic E-state index is 10.2. The minimum Gasteiger partial charge on any atom is -0.393 e. The van der Waals surface area contributed by atoms with Crippen LogP contribution in [0, 0.1) is 17.3 Å². The number of fused-ring (bicyclic) bond motifs is 1. The highest BCUT2D eigenvalue weighted by Gasteiger charge is 2.50. The van der Waals surface area contributed by atoms with Crippen molar-refractivity contribution in [1.82, 2.24) is 0 Å². The molecule has 0 heterocycles. The third-order valence-corrected chi connectivity index (χ3v) is 9.81. The number of aliphatic hydroxyl groups excluding tert-OH is 2. The van der Waals surface area contributed by atoms with Gasteiger partial charge in [0.25, 0.3) is 0 Å². The fraction of sp³-hybridized carbons (Fsp3) is 0.786. The lowest BCUT2D eigenvalue weighted by molar-refractivity contribution is 0.0687. The lowest BCUT2D eigenvalue weighted by Crippen LogP contribution is -2.37. The second-order valence-corrected chi connectivity index (χ2v) is 13.0. The lowest BCUT2D eigenvalue weighted by Gasteiger charge is -2.44. The van der Waals surface area contributed by atoms with Crippen LogP contribution in [0.1, 0.15) is 91.9 Å². The van der Waals surface area contributed by atoms with Gasteiger partial charge in [-0.2, -0.15) is 11.8 Å². The van der Waals surface area contributed by atoms with E-state index in [1.807, 2.05) is 13.8 Å². The summed E-state index contributed by atoms with van der Waals surface area (Å²) in [6.07, 6.45) is 13.9. The fourth-order valence-electron chi connectivity index (χ4n) is 6.56. The summed E-state index contributed by atoms with van der Waals surface area (Å²) < 4.78 is 0. The van der Waals surface area contributed by atoms with Crippen molar-refractivity contribution in [1.29, 1.82) is 0 Å². The molecule has 3 N–H and O–H groups in total. The van der Waals surface area contributed by atoms with Gasteiger partial charge in [0.15, 0.2) is 0 Å². The van der Waals surface area contributed by atoms with Gasteiger partial charge in [-0.05, 0) is 106 Å². The summed E-state index contributed by atoms with van der Waals surface area (Å²) in [5.74, 6) is 2.61. The van der Waals surface area contributed by atoms with Crippen molar-refractivity contribution < 1.29 is 15.3 Å². The van der Waals surface area contributed by atoms with Crippen molar-refractivity contribution in [2.75, 3.05) is 5.75 Å². The molecule has 0 aromatic carbocycles. The highest BCUT2D eigenvalue weighted by molar-refractivity contribution is 7.99. The third kappa shape index (κ3) is 6.31. The number of hydrogen-bond donors (Lipinski definition) is 3. The molecular formula is C28H46O3S.